The zero-order valence-corrected chi connectivity index (χ0v) is 13.1. The molecule has 2 aromatic rings. The summed E-state index contributed by atoms with van der Waals surface area (Å²) < 4.78 is 31.8. The Morgan fingerprint density at radius 3 is 2.41 bits per heavy atom. The molecule has 4 nitrogen and oxygen atoms in total. The van der Waals surface area contributed by atoms with Crippen LogP contribution < -0.4 is 9.46 Å². The highest BCUT2D eigenvalue weighted by Gasteiger charge is 2.10. The van der Waals surface area contributed by atoms with Crippen LogP contribution in [0.2, 0.25) is 0 Å². The largest absolute Gasteiger partial charge is 0.481 e. The molecule has 2 aromatic carbocycles. The molecule has 0 saturated heterocycles. The van der Waals surface area contributed by atoms with Crippen LogP contribution in [-0.2, 0) is 10.0 Å². The summed E-state index contributed by atoms with van der Waals surface area (Å²) in [4.78, 5) is 0.230. The van der Waals surface area contributed by atoms with Gasteiger partial charge in [0.25, 0.3) is 0 Å². The molecule has 2 rings (SSSR count). The molecule has 0 unspecified atom stereocenters. The van der Waals surface area contributed by atoms with Gasteiger partial charge in [-0.25, -0.2) is 8.42 Å². The van der Waals surface area contributed by atoms with Crippen molar-refractivity contribution in [1.82, 2.24) is 4.72 Å². The third kappa shape index (κ3) is 4.62. The molecule has 0 atom stereocenters. The molecule has 0 bridgehead atoms. The van der Waals surface area contributed by atoms with Crippen molar-refractivity contribution < 1.29 is 13.2 Å². The Balaban J connectivity index is 1.81. The van der Waals surface area contributed by atoms with Crippen LogP contribution in [-0.4, -0.2) is 21.6 Å². The molecule has 0 saturated carbocycles. The van der Waals surface area contributed by atoms with Crippen LogP contribution in [0.3, 0.4) is 0 Å². The van der Waals surface area contributed by atoms with E-state index in [1.807, 2.05) is 31.2 Å². The van der Waals surface area contributed by atoms with E-state index < -0.39 is 10.0 Å². The molecule has 0 aliphatic rings. The number of nitrogens with one attached hydrogen (secondary N) is 1. The third-order valence-electron chi connectivity index (χ3n) is 2.92. The van der Waals surface area contributed by atoms with Crippen molar-refractivity contribution in [3.63, 3.8) is 0 Å². The lowest BCUT2D eigenvalue weighted by molar-refractivity contribution is 0.367. The Morgan fingerprint density at radius 2 is 1.68 bits per heavy atom. The molecule has 1 N–H and O–H groups in total. The minimum Gasteiger partial charge on any atom is -0.481 e. The number of para-hydroxylation sites is 1. The Hall–Kier alpha value is -2.29. The number of aryl methyl sites for hydroxylation is 1. The van der Waals surface area contributed by atoms with Crippen molar-refractivity contribution in [3.8, 4) is 17.6 Å². The van der Waals surface area contributed by atoms with Gasteiger partial charge in [0.1, 0.15) is 12.4 Å². The van der Waals surface area contributed by atoms with E-state index in [4.69, 9.17) is 4.74 Å². The summed E-state index contributed by atoms with van der Waals surface area (Å²) in [7, 11) is -3.50. The first-order chi connectivity index (χ1) is 10.6. The smallest absolute Gasteiger partial charge is 0.241 e. The van der Waals surface area contributed by atoms with E-state index in [1.165, 1.54) is 12.1 Å². The van der Waals surface area contributed by atoms with Crippen LogP contribution in [0.5, 0.6) is 5.75 Å². The third-order valence-corrected chi connectivity index (χ3v) is 4.34. The first kappa shape index (κ1) is 16.1. The lowest BCUT2D eigenvalue weighted by atomic mass is 10.2. The van der Waals surface area contributed by atoms with Crippen LogP contribution in [0.1, 0.15) is 5.56 Å². The number of hydrogen-bond donors (Lipinski definition) is 1. The highest BCUT2D eigenvalue weighted by molar-refractivity contribution is 7.89. The average molecular weight is 315 g/mol. The van der Waals surface area contributed by atoms with Gasteiger partial charge in [0.05, 0.1) is 11.4 Å². The topological polar surface area (TPSA) is 55.4 Å². The fourth-order valence-corrected chi connectivity index (χ4v) is 2.70. The summed E-state index contributed by atoms with van der Waals surface area (Å²) >= 11 is 0. The number of hydrogen-bond acceptors (Lipinski definition) is 3. The molecule has 22 heavy (non-hydrogen) atoms. The van der Waals surface area contributed by atoms with Crippen molar-refractivity contribution in [1.29, 1.82) is 0 Å². The predicted molar refractivity (Wildman–Crippen MR) is 86.1 cm³/mol. The van der Waals surface area contributed by atoms with Crippen molar-refractivity contribution in [2.45, 2.75) is 11.8 Å². The van der Waals surface area contributed by atoms with Gasteiger partial charge in [0.15, 0.2) is 0 Å². The monoisotopic (exact) mass is 315 g/mol. The van der Waals surface area contributed by atoms with Crippen molar-refractivity contribution >= 4 is 10.0 Å². The van der Waals surface area contributed by atoms with Gasteiger partial charge < -0.3 is 4.74 Å². The summed E-state index contributed by atoms with van der Waals surface area (Å²) in [6, 6.07) is 15.9. The molecule has 0 aromatic heterocycles. The number of rotatable bonds is 5. The molecule has 5 heteroatoms. The van der Waals surface area contributed by atoms with Gasteiger partial charge in [-0.2, -0.15) is 4.72 Å². The molecule has 0 heterocycles. The van der Waals surface area contributed by atoms with Crippen LogP contribution in [0.4, 0.5) is 0 Å². The molecule has 0 amide bonds. The number of benzene rings is 2. The van der Waals surface area contributed by atoms with E-state index >= 15 is 0 Å². The number of sulfonamides is 1. The fraction of sp³-hybridized carbons (Fsp3) is 0.176. The van der Waals surface area contributed by atoms with Gasteiger partial charge in [0.2, 0.25) is 10.0 Å². The standard InChI is InChI=1S/C17H17NO3S/c1-15-9-5-6-12-17(15)21-14-8-7-13-18-22(19,20)16-10-3-2-4-11-16/h2-6,9-12,18H,13-14H2,1H3. The van der Waals surface area contributed by atoms with E-state index in [1.54, 1.807) is 18.2 Å². The average Bonchev–Trinajstić information content (AvgIpc) is 2.53. The highest BCUT2D eigenvalue weighted by Crippen LogP contribution is 2.15. The van der Waals surface area contributed by atoms with E-state index in [9.17, 15) is 8.42 Å². The van der Waals surface area contributed by atoms with Gasteiger partial charge in [-0.1, -0.05) is 48.2 Å². The summed E-state index contributed by atoms with van der Waals surface area (Å²) in [5.41, 5.74) is 1.04. The second-order valence-corrected chi connectivity index (χ2v) is 6.31. The van der Waals surface area contributed by atoms with Crippen molar-refractivity contribution in [2.24, 2.45) is 0 Å². The van der Waals surface area contributed by atoms with Crippen LogP contribution in [0.15, 0.2) is 59.5 Å². The summed E-state index contributed by atoms with van der Waals surface area (Å²) in [5.74, 6) is 6.30. The van der Waals surface area contributed by atoms with Crippen molar-refractivity contribution in [3.05, 3.63) is 60.2 Å². The Morgan fingerprint density at radius 1 is 1.00 bits per heavy atom. The first-order valence-electron chi connectivity index (χ1n) is 6.78. The van der Waals surface area contributed by atoms with Gasteiger partial charge in [-0.05, 0) is 30.7 Å². The summed E-state index contributed by atoms with van der Waals surface area (Å²) in [6.45, 7) is 2.23. The minimum atomic E-state index is -3.50. The van der Waals surface area contributed by atoms with Crippen LogP contribution in [0.25, 0.3) is 0 Å². The zero-order chi connectivity index (χ0) is 15.8. The molecule has 0 radical (unpaired) electrons. The minimum absolute atomic E-state index is 0.0500. The molecule has 0 aliphatic heterocycles. The second-order valence-electron chi connectivity index (χ2n) is 4.55. The normalized spacial score (nSPS) is 10.6. The number of ether oxygens (including phenoxy) is 1. The van der Waals surface area contributed by atoms with Gasteiger partial charge >= 0.3 is 0 Å². The lowest BCUT2D eigenvalue weighted by Crippen LogP contribution is -2.23. The quantitative estimate of drug-likeness (QED) is 0.862. The lowest BCUT2D eigenvalue weighted by Gasteiger charge is -2.04. The Kier molecular flexibility index (Phi) is 5.59. The Bertz CT molecular complexity index is 774. The fourth-order valence-electron chi connectivity index (χ4n) is 1.76. The maximum atomic E-state index is 11.9. The maximum Gasteiger partial charge on any atom is 0.241 e. The summed E-state index contributed by atoms with van der Waals surface area (Å²) in [6.07, 6.45) is 0. The molecule has 114 valence electrons. The van der Waals surface area contributed by atoms with Gasteiger partial charge in [0, 0.05) is 0 Å². The second kappa shape index (κ2) is 7.64. The van der Waals surface area contributed by atoms with E-state index in [-0.39, 0.29) is 18.0 Å². The van der Waals surface area contributed by atoms with E-state index in [0.29, 0.717) is 0 Å². The molecular formula is C17H17NO3S. The van der Waals surface area contributed by atoms with Crippen molar-refractivity contribution in [2.75, 3.05) is 13.2 Å². The van der Waals surface area contributed by atoms with E-state index in [2.05, 4.69) is 16.6 Å². The summed E-state index contributed by atoms with van der Waals surface area (Å²) in [5, 5.41) is 0. The van der Waals surface area contributed by atoms with E-state index in [0.717, 1.165) is 11.3 Å². The molecule has 0 spiro atoms. The van der Waals surface area contributed by atoms with Crippen LogP contribution >= 0.6 is 0 Å². The van der Waals surface area contributed by atoms with Gasteiger partial charge in [-0.15, -0.1) is 0 Å². The molecule has 0 aliphatic carbocycles. The van der Waals surface area contributed by atoms with Crippen LogP contribution in [0, 0.1) is 18.8 Å². The maximum absolute atomic E-state index is 11.9. The first-order valence-corrected chi connectivity index (χ1v) is 8.27. The predicted octanol–water partition coefficient (Wildman–Crippen LogP) is 2.36. The molecule has 0 fully saturated rings. The SMILES string of the molecule is Cc1ccccc1OCC#CCNS(=O)(=O)c1ccccc1. The van der Waals surface area contributed by atoms with Gasteiger partial charge in [-0.3, -0.25) is 0 Å². The highest BCUT2D eigenvalue weighted by atomic mass is 32.2. The zero-order valence-electron chi connectivity index (χ0n) is 12.2. The molecular weight excluding hydrogens is 298 g/mol. The Labute approximate surface area is 131 Å².